The van der Waals surface area contributed by atoms with Crippen molar-refractivity contribution in [1.29, 1.82) is 0 Å². The third-order valence-electron chi connectivity index (χ3n) is 12.7. The van der Waals surface area contributed by atoms with E-state index in [9.17, 15) is 9.59 Å². The van der Waals surface area contributed by atoms with Crippen LogP contribution in [0, 0.1) is 44.8 Å². The quantitative estimate of drug-likeness (QED) is 0.368. The van der Waals surface area contributed by atoms with Crippen LogP contribution in [0.15, 0.2) is 22.4 Å². The molecule has 0 N–H and O–H groups in total. The van der Waals surface area contributed by atoms with Crippen molar-refractivity contribution in [2.45, 2.75) is 105 Å². The van der Waals surface area contributed by atoms with Gasteiger partial charge in [0.2, 0.25) is 5.24 Å². The van der Waals surface area contributed by atoms with Crippen molar-refractivity contribution in [1.82, 2.24) is 5.16 Å². The molecule has 7 atom stereocenters. The molecule has 3 saturated carbocycles. The fourth-order valence-electron chi connectivity index (χ4n) is 10.6. The molecule has 0 radical (unpaired) electrons. The third kappa shape index (κ3) is 2.81. The molecule has 5 aliphatic carbocycles. The van der Waals surface area contributed by atoms with E-state index in [1.807, 2.05) is 6.20 Å². The van der Waals surface area contributed by atoms with E-state index in [0.717, 1.165) is 57.1 Å². The molecule has 1 aromatic heterocycles. The molecule has 0 saturated heterocycles. The number of carbonyl (C=O) groups excluding carboxylic acids is 2. The molecule has 3 fully saturated rings. The van der Waals surface area contributed by atoms with Crippen LogP contribution in [0.5, 0.6) is 0 Å². The zero-order chi connectivity index (χ0) is 26.1. The molecule has 0 amide bonds. The Morgan fingerprint density at radius 3 is 2.42 bits per heavy atom. The standard InChI is InChI=1S/C31H42ClNO3/c1-26(2)10-12-31(25(32)35)13-11-30(7)23(19(31)16-26)20(34)14-22-28(5)15-18-17-33-36-24(18)27(3,4)21(28)8-9-29(22,30)6/h14,17,19,21,23H,8-13,15-16H2,1-7H3/t19-,21?,23-,28-,29+,30+,31-/m0/s1. The van der Waals surface area contributed by atoms with Crippen molar-refractivity contribution in [2.24, 2.45) is 44.8 Å². The topological polar surface area (TPSA) is 60.2 Å². The highest BCUT2D eigenvalue weighted by Crippen LogP contribution is 2.74. The fourth-order valence-corrected chi connectivity index (χ4v) is 11.0. The normalized spacial score (nSPS) is 46.4. The van der Waals surface area contributed by atoms with Crippen molar-refractivity contribution in [3.63, 3.8) is 0 Å². The molecule has 0 aliphatic heterocycles. The van der Waals surface area contributed by atoms with Crippen molar-refractivity contribution in [2.75, 3.05) is 0 Å². The zero-order valence-corrected chi connectivity index (χ0v) is 23.8. The van der Waals surface area contributed by atoms with Crippen LogP contribution in [0.4, 0.5) is 0 Å². The lowest BCUT2D eigenvalue weighted by Crippen LogP contribution is -2.65. The van der Waals surface area contributed by atoms with Gasteiger partial charge in [-0.25, -0.2) is 0 Å². The number of fused-ring (bicyclic) bond motifs is 8. The second kappa shape index (κ2) is 7.16. The highest BCUT2D eigenvalue weighted by Gasteiger charge is 2.70. The van der Waals surface area contributed by atoms with Gasteiger partial charge in [0.15, 0.2) is 5.78 Å². The molecule has 36 heavy (non-hydrogen) atoms. The van der Waals surface area contributed by atoms with Gasteiger partial charge in [0.1, 0.15) is 5.76 Å². The number of carbonyl (C=O) groups is 2. The summed E-state index contributed by atoms with van der Waals surface area (Å²) in [5, 5.41) is 3.97. The summed E-state index contributed by atoms with van der Waals surface area (Å²) in [6.45, 7) is 16.4. The molecule has 4 nitrogen and oxygen atoms in total. The second-order valence-electron chi connectivity index (χ2n) is 15.2. The van der Waals surface area contributed by atoms with Crippen molar-refractivity contribution in [3.8, 4) is 0 Å². The summed E-state index contributed by atoms with van der Waals surface area (Å²) in [6, 6.07) is 0. The first-order valence-corrected chi connectivity index (χ1v) is 14.4. The van der Waals surface area contributed by atoms with E-state index >= 15 is 0 Å². The summed E-state index contributed by atoms with van der Waals surface area (Å²) >= 11 is 6.41. The smallest absolute Gasteiger partial charge is 0.228 e. The molecular weight excluding hydrogens is 470 g/mol. The highest BCUT2D eigenvalue weighted by atomic mass is 35.5. The van der Waals surface area contributed by atoms with E-state index in [1.165, 1.54) is 11.1 Å². The Balaban J connectivity index is 1.51. The van der Waals surface area contributed by atoms with Gasteiger partial charge >= 0.3 is 0 Å². The van der Waals surface area contributed by atoms with Gasteiger partial charge in [-0.15, -0.1) is 0 Å². The first-order valence-electron chi connectivity index (χ1n) is 14.0. The summed E-state index contributed by atoms with van der Waals surface area (Å²) < 4.78 is 5.78. The van der Waals surface area contributed by atoms with Gasteiger partial charge in [-0.1, -0.05) is 59.2 Å². The number of rotatable bonds is 1. The summed E-state index contributed by atoms with van der Waals surface area (Å²) in [5.41, 5.74) is 1.56. The number of hydrogen-bond acceptors (Lipinski definition) is 4. The molecule has 1 aromatic rings. The van der Waals surface area contributed by atoms with Crippen molar-refractivity contribution in [3.05, 3.63) is 29.2 Å². The van der Waals surface area contributed by atoms with Gasteiger partial charge in [0.05, 0.1) is 6.20 Å². The van der Waals surface area contributed by atoms with Crippen LogP contribution >= 0.6 is 11.6 Å². The number of ketones is 1. The molecule has 6 rings (SSSR count). The van der Waals surface area contributed by atoms with Gasteiger partial charge in [0.25, 0.3) is 0 Å². The van der Waals surface area contributed by atoms with E-state index < -0.39 is 5.41 Å². The van der Waals surface area contributed by atoms with Crippen LogP contribution in [-0.4, -0.2) is 16.2 Å². The summed E-state index contributed by atoms with van der Waals surface area (Å²) in [5.74, 6) is 1.52. The van der Waals surface area contributed by atoms with E-state index in [0.29, 0.717) is 5.92 Å². The number of allylic oxidation sites excluding steroid dienone is 2. The molecule has 0 aromatic carbocycles. The Morgan fingerprint density at radius 1 is 1.03 bits per heavy atom. The van der Waals surface area contributed by atoms with Crippen molar-refractivity contribution < 1.29 is 14.1 Å². The van der Waals surface area contributed by atoms with Crippen LogP contribution in [0.25, 0.3) is 0 Å². The van der Waals surface area contributed by atoms with Crippen LogP contribution < -0.4 is 0 Å². The van der Waals surface area contributed by atoms with Gasteiger partial charge in [-0.3, -0.25) is 9.59 Å². The second-order valence-corrected chi connectivity index (χ2v) is 15.5. The largest absolute Gasteiger partial charge is 0.361 e. The molecule has 1 unspecified atom stereocenters. The number of halogens is 1. The first kappa shape index (κ1) is 24.9. The van der Waals surface area contributed by atoms with Crippen LogP contribution in [0.1, 0.15) is 105 Å². The maximum absolute atomic E-state index is 14.4. The zero-order valence-electron chi connectivity index (χ0n) is 23.1. The molecular formula is C31H42ClNO3. The molecule has 0 bridgehead atoms. The Bertz CT molecular complexity index is 1190. The molecule has 5 aliphatic rings. The van der Waals surface area contributed by atoms with Crippen molar-refractivity contribution >= 4 is 22.6 Å². The van der Waals surface area contributed by atoms with E-state index in [-0.39, 0.29) is 49.9 Å². The predicted molar refractivity (Wildman–Crippen MR) is 141 cm³/mol. The Kier molecular flexibility index (Phi) is 4.95. The average molecular weight is 512 g/mol. The number of hydrogen-bond donors (Lipinski definition) is 0. The van der Waals surface area contributed by atoms with Gasteiger partial charge in [0, 0.05) is 22.3 Å². The molecule has 196 valence electrons. The lowest BCUT2D eigenvalue weighted by Gasteiger charge is -2.69. The SMILES string of the molecule is CC1(C)CC[C@]2(C(=O)Cl)CC[C@]3(C)[C@H](C(=O)C=C4[C@@]5(C)Cc6cnoc6C(C)(C)C5CC[C@]43C)[C@@H]2C1. The molecule has 0 spiro atoms. The van der Waals surface area contributed by atoms with Gasteiger partial charge in [-0.2, -0.15) is 0 Å². The monoisotopic (exact) mass is 511 g/mol. The predicted octanol–water partition coefficient (Wildman–Crippen LogP) is 7.43. The van der Waals surface area contributed by atoms with Crippen LogP contribution in [0.2, 0.25) is 0 Å². The number of aromatic nitrogens is 1. The Hall–Kier alpha value is -1.42. The average Bonchev–Trinajstić information content (AvgIpc) is 3.23. The fraction of sp³-hybridized carbons (Fsp3) is 0.774. The molecule has 5 heteroatoms. The Morgan fingerprint density at radius 2 is 1.72 bits per heavy atom. The molecule has 1 heterocycles. The summed E-state index contributed by atoms with van der Waals surface area (Å²) in [6.07, 6.45) is 11.4. The third-order valence-corrected chi connectivity index (χ3v) is 13.1. The van der Waals surface area contributed by atoms with Gasteiger partial charge < -0.3 is 4.52 Å². The first-order chi connectivity index (χ1) is 16.6. The number of nitrogens with zero attached hydrogens (tertiary/aromatic N) is 1. The van der Waals surface area contributed by atoms with E-state index in [2.05, 4.69) is 59.7 Å². The van der Waals surface area contributed by atoms with Crippen LogP contribution in [-0.2, 0) is 21.4 Å². The maximum atomic E-state index is 14.4. The van der Waals surface area contributed by atoms with E-state index in [4.69, 9.17) is 16.1 Å². The van der Waals surface area contributed by atoms with Crippen LogP contribution in [0.3, 0.4) is 0 Å². The summed E-state index contributed by atoms with van der Waals surface area (Å²) in [4.78, 5) is 27.4. The minimum Gasteiger partial charge on any atom is -0.361 e. The lowest BCUT2D eigenvalue weighted by molar-refractivity contribution is -0.174. The summed E-state index contributed by atoms with van der Waals surface area (Å²) in [7, 11) is 0. The minimum absolute atomic E-state index is 0.0186. The Labute approximate surface area is 221 Å². The maximum Gasteiger partial charge on any atom is 0.228 e. The van der Waals surface area contributed by atoms with E-state index in [1.54, 1.807) is 0 Å². The van der Waals surface area contributed by atoms with Gasteiger partial charge in [-0.05, 0) is 103 Å². The highest BCUT2D eigenvalue weighted by molar-refractivity contribution is 6.64. The lowest BCUT2D eigenvalue weighted by atomic mass is 9.34. The minimum atomic E-state index is -0.552.